The second-order valence-corrected chi connectivity index (χ2v) is 7.02. The molecule has 1 atom stereocenters. The fourth-order valence-electron chi connectivity index (χ4n) is 2.96. The molecule has 0 saturated heterocycles. The molecule has 20 heavy (non-hydrogen) atoms. The highest BCUT2D eigenvalue weighted by Crippen LogP contribution is 2.33. The standard InChI is InChI=1S/C17H22N2S/c1-10-8-12(3)13(9-11(10)2)16(18)17-19-14-6-4-5-7-15(14)20-17/h8-9,16H,4-7,18H2,1-3H3. The number of aromatic nitrogens is 1. The van der Waals surface area contributed by atoms with Crippen LogP contribution in [0.1, 0.15) is 56.7 Å². The number of hydrogen-bond acceptors (Lipinski definition) is 3. The Hall–Kier alpha value is -1.19. The van der Waals surface area contributed by atoms with Gasteiger partial charge in [0.1, 0.15) is 5.01 Å². The summed E-state index contributed by atoms with van der Waals surface area (Å²) in [7, 11) is 0. The van der Waals surface area contributed by atoms with Crippen LogP contribution in [0.2, 0.25) is 0 Å². The SMILES string of the molecule is Cc1cc(C)c(C(N)c2nc3c(s2)CCCC3)cc1C. The van der Waals surface area contributed by atoms with Gasteiger partial charge in [0, 0.05) is 4.88 Å². The lowest BCUT2D eigenvalue weighted by Crippen LogP contribution is -2.13. The maximum atomic E-state index is 6.50. The summed E-state index contributed by atoms with van der Waals surface area (Å²) in [6.07, 6.45) is 4.89. The molecule has 1 aromatic carbocycles. The van der Waals surface area contributed by atoms with Crippen molar-refractivity contribution in [3.8, 4) is 0 Å². The molecule has 1 aliphatic rings. The van der Waals surface area contributed by atoms with Gasteiger partial charge < -0.3 is 5.73 Å². The highest BCUT2D eigenvalue weighted by Gasteiger charge is 2.21. The van der Waals surface area contributed by atoms with Crippen molar-refractivity contribution in [2.45, 2.75) is 52.5 Å². The number of fused-ring (bicyclic) bond motifs is 1. The quantitative estimate of drug-likeness (QED) is 0.906. The predicted molar refractivity (Wildman–Crippen MR) is 85.4 cm³/mol. The van der Waals surface area contributed by atoms with Crippen molar-refractivity contribution in [1.29, 1.82) is 0 Å². The van der Waals surface area contributed by atoms with Crippen LogP contribution >= 0.6 is 11.3 Å². The highest BCUT2D eigenvalue weighted by atomic mass is 32.1. The normalized spacial score (nSPS) is 16.0. The van der Waals surface area contributed by atoms with Crippen LogP contribution in [0.3, 0.4) is 0 Å². The topological polar surface area (TPSA) is 38.9 Å². The van der Waals surface area contributed by atoms with Gasteiger partial charge in [0.15, 0.2) is 0 Å². The van der Waals surface area contributed by atoms with E-state index in [0.29, 0.717) is 0 Å². The highest BCUT2D eigenvalue weighted by molar-refractivity contribution is 7.11. The summed E-state index contributed by atoms with van der Waals surface area (Å²) in [4.78, 5) is 6.28. The average molecular weight is 286 g/mol. The molecule has 0 saturated carbocycles. The van der Waals surface area contributed by atoms with Crippen molar-refractivity contribution in [2.24, 2.45) is 5.73 Å². The molecule has 106 valence electrons. The van der Waals surface area contributed by atoms with Crippen LogP contribution in [0.4, 0.5) is 0 Å². The zero-order valence-electron chi connectivity index (χ0n) is 12.5. The van der Waals surface area contributed by atoms with Gasteiger partial charge in [-0.25, -0.2) is 4.98 Å². The molecule has 0 radical (unpaired) electrons. The summed E-state index contributed by atoms with van der Waals surface area (Å²) in [5.41, 5.74) is 12.9. The van der Waals surface area contributed by atoms with Gasteiger partial charge in [-0.1, -0.05) is 12.1 Å². The predicted octanol–water partition coefficient (Wildman–Crippen LogP) is 4.00. The van der Waals surface area contributed by atoms with Gasteiger partial charge in [-0.15, -0.1) is 11.3 Å². The van der Waals surface area contributed by atoms with Gasteiger partial charge in [0.25, 0.3) is 0 Å². The van der Waals surface area contributed by atoms with Gasteiger partial charge in [-0.2, -0.15) is 0 Å². The van der Waals surface area contributed by atoms with Gasteiger partial charge in [0.05, 0.1) is 11.7 Å². The van der Waals surface area contributed by atoms with Crippen LogP contribution < -0.4 is 5.73 Å². The van der Waals surface area contributed by atoms with Gasteiger partial charge in [-0.3, -0.25) is 0 Å². The number of nitrogens with zero attached hydrogens (tertiary/aromatic N) is 1. The number of aryl methyl sites for hydroxylation is 5. The summed E-state index contributed by atoms with van der Waals surface area (Å²) in [6, 6.07) is 4.39. The minimum atomic E-state index is -0.0788. The third kappa shape index (κ3) is 2.40. The molecular weight excluding hydrogens is 264 g/mol. The molecule has 0 amide bonds. The number of nitrogens with two attached hydrogens (primary N) is 1. The van der Waals surface area contributed by atoms with E-state index in [0.717, 1.165) is 11.4 Å². The van der Waals surface area contributed by atoms with Gasteiger partial charge in [0.2, 0.25) is 0 Å². The minimum Gasteiger partial charge on any atom is -0.318 e. The van der Waals surface area contributed by atoms with E-state index >= 15 is 0 Å². The summed E-state index contributed by atoms with van der Waals surface area (Å²) >= 11 is 1.82. The first-order chi connectivity index (χ1) is 9.56. The Bertz CT molecular complexity index is 619. The van der Waals surface area contributed by atoms with Crippen LogP contribution in [0.25, 0.3) is 0 Å². The Labute approximate surface area is 125 Å². The van der Waals surface area contributed by atoms with Crippen molar-refractivity contribution in [3.05, 3.63) is 50.0 Å². The summed E-state index contributed by atoms with van der Waals surface area (Å²) in [5.74, 6) is 0. The molecular formula is C17H22N2S. The fourth-order valence-corrected chi connectivity index (χ4v) is 4.13. The second kappa shape index (κ2) is 5.30. The van der Waals surface area contributed by atoms with Crippen molar-refractivity contribution >= 4 is 11.3 Å². The minimum absolute atomic E-state index is 0.0788. The zero-order valence-corrected chi connectivity index (χ0v) is 13.3. The van der Waals surface area contributed by atoms with Crippen molar-refractivity contribution in [2.75, 3.05) is 0 Å². The molecule has 3 rings (SSSR count). The van der Waals surface area contributed by atoms with E-state index in [1.807, 2.05) is 11.3 Å². The van der Waals surface area contributed by atoms with E-state index < -0.39 is 0 Å². The van der Waals surface area contributed by atoms with E-state index in [9.17, 15) is 0 Å². The maximum Gasteiger partial charge on any atom is 0.114 e. The Morgan fingerprint density at radius 1 is 1.05 bits per heavy atom. The summed E-state index contributed by atoms with van der Waals surface area (Å²) in [5, 5.41) is 1.09. The first-order valence-corrected chi connectivity index (χ1v) is 8.19. The molecule has 1 heterocycles. The lowest BCUT2D eigenvalue weighted by Gasteiger charge is -2.15. The van der Waals surface area contributed by atoms with Crippen LogP contribution in [-0.2, 0) is 12.8 Å². The molecule has 0 bridgehead atoms. The molecule has 3 heteroatoms. The van der Waals surface area contributed by atoms with E-state index in [1.165, 1.54) is 52.1 Å². The molecule has 2 aromatic rings. The first-order valence-electron chi connectivity index (χ1n) is 7.38. The molecule has 1 aromatic heterocycles. The van der Waals surface area contributed by atoms with Crippen LogP contribution in [0.5, 0.6) is 0 Å². The lowest BCUT2D eigenvalue weighted by atomic mass is 9.96. The van der Waals surface area contributed by atoms with Crippen molar-refractivity contribution in [1.82, 2.24) is 4.98 Å². The van der Waals surface area contributed by atoms with E-state index in [2.05, 4.69) is 32.9 Å². The van der Waals surface area contributed by atoms with Crippen molar-refractivity contribution in [3.63, 3.8) is 0 Å². The van der Waals surface area contributed by atoms with Crippen LogP contribution in [-0.4, -0.2) is 4.98 Å². The molecule has 1 unspecified atom stereocenters. The van der Waals surface area contributed by atoms with Gasteiger partial charge >= 0.3 is 0 Å². The number of thiazole rings is 1. The third-order valence-electron chi connectivity index (χ3n) is 4.35. The van der Waals surface area contributed by atoms with Crippen LogP contribution in [0, 0.1) is 20.8 Å². The largest absolute Gasteiger partial charge is 0.318 e. The monoisotopic (exact) mass is 286 g/mol. The molecule has 2 N–H and O–H groups in total. The molecule has 2 nitrogen and oxygen atoms in total. The first kappa shape index (κ1) is 13.8. The Morgan fingerprint density at radius 3 is 2.50 bits per heavy atom. The molecule has 0 fully saturated rings. The van der Waals surface area contributed by atoms with E-state index in [1.54, 1.807) is 0 Å². The smallest absolute Gasteiger partial charge is 0.114 e. The second-order valence-electron chi connectivity index (χ2n) is 5.90. The number of benzene rings is 1. The number of rotatable bonds is 2. The zero-order chi connectivity index (χ0) is 14.3. The summed E-state index contributed by atoms with van der Waals surface area (Å²) < 4.78 is 0. The van der Waals surface area contributed by atoms with Gasteiger partial charge in [-0.05, 0) is 68.7 Å². The van der Waals surface area contributed by atoms with E-state index in [-0.39, 0.29) is 6.04 Å². The number of hydrogen-bond donors (Lipinski definition) is 1. The molecule has 0 spiro atoms. The fraction of sp³-hybridized carbons (Fsp3) is 0.471. The van der Waals surface area contributed by atoms with E-state index in [4.69, 9.17) is 10.7 Å². The Kier molecular flexibility index (Phi) is 3.65. The summed E-state index contributed by atoms with van der Waals surface area (Å²) in [6.45, 7) is 6.45. The third-order valence-corrected chi connectivity index (χ3v) is 5.59. The Morgan fingerprint density at radius 2 is 1.75 bits per heavy atom. The molecule has 0 aliphatic heterocycles. The lowest BCUT2D eigenvalue weighted by molar-refractivity contribution is 0.678. The van der Waals surface area contributed by atoms with Crippen molar-refractivity contribution < 1.29 is 0 Å². The Balaban J connectivity index is 1.98. The van der Waals surface area contributed by atoms with Crippen LogP contribution in [0.15, 0.2) is 12.1 Å². The maximum absolute atomic E-state index is 6.50. The average Bonchev–Trinajstić information content (AvgIpc) is 2.86. The molecule has 1 aliphatic carbocycles.